The fourth-order valence-electron chi connectivity index (χ4n) is 6.11. The lowest BCUT2D eigenvalue weighted by Gasteiger charge is -2.35. The summed E-state index contributed by atoms with van der Waals surface area (Å²) >= 11 is 0. The van der Waals surface area contributed by atoms with Crippen LogP contribution in [-0.2, 0) is 32.6 Å². The number of anilines is 1. The molecule has 0 radical (unpaired) electrons. The minimum Gasteiger partial charge on any atom is -0.497 e. The van der Waals surface area contributed by atoms with Gasteiger partial charge in [0.25, 0.3) is 10.0 Å². The smallest absolute Gasteiger partial charge is 0.264 e. The molecule has 258 valence electrons. The van der Waals surface area contributed by atoms with Crippen LogP contribution in [-0.4, -0.2) is 58.0 Å². The molecule has 4 aromatic rings. The zero-order chi connectivity index (χ0) is 34.8. The average Bonchev–Trinajstić information content (AvgIpc) is 3.13. The first-order valence-electron chi connectivity index (χ1n) is 16.4. The molecule has 0 aromatic heterocycles. The maximum atomic E-state index is 14.8. The maximum Gasteiger partial charge on any atom is 0.264 e. The van der Waals surface area contributed by atoms with Gasteiger partial charge in [-0.2, -0.15) is 0 Å². The van der Waals surface area contributed by atoms with E-state index in [0.717, 1.165) is 42.0 Å². The van der Waals surface area contributed by atoms with Crippen molar-refractivity contribution in [3.05, 3.63) is 120 Å². The van der Waals surface area contributed by atoms with Crippen molar-refractivity contribution < 1.29 is 31.9 Å². The summed E-state index contributed by atoms with van der Waals surface area (Å²) in [5.41, 5.74) is 1.49. The second kappa shape index (κ2) is 16.5. The Kier molecular flexibility index (Phi) is 11.9. The molecule has 4 aromatic carbocycles. The molecule has 1 aliphatic rings. The third kappa shape index (κ3) is 8.97. The van der Waals surface area contributed by atoms with Crippen LogP contribution in [0.4, 0.5) is 10.1 Å². The molecule has 0 bridgehead atoms. The van der Waals surface area contributed by atoms with Crippen LogP contribution in [0.3, 0.4) is 0 Å². The number of halogens is 1. The first-order valence-corrected chi connectivity index (χ1v) is 17.8. The van der Waals surface area contributed by atoms with E-state index in [-0.39, 0.29) is 41.2 Å². The van der Waals surface area contributed by atoms with Gasteiger partial charge in [0.15, 0.2) is 0 Å². The predicted octanol–water partition coefficient (Wildman–Crippen LogP) is 6.13. The van der Waals surface area contributed by atoms with E-state index in [1.165, 1.54) is 49.5 Å². The summed E-state index contributed by atoms with van der Waals surface area (Å²) in [4.78, 5) is 30.4. The lowest BCUT2D eigenvalue weighted by Crippen LogP contribution is -2.55. The minimum atomic E-state index is -4.35. The Labute approximate surface area is 287 Å². The lowest BCUT2D eigenvalue weighted by molar-refractivity contribution is -0.140. The highest BCUT2D eigenvalue weighted by atomic mass is 32.2. The van der Waals surface area contributed by atoms with Crippen LogP contribution in [0.5, 0.6) is 11.5 Å². The van der Waals surface area contributed by atoms with Gasteiger partial charge < -0.3 is 19.7 Å². The molecular weight excluding hydrogens is 645 g/mol. The molecule has 1 atom stereocenters. The normalized spacial score (nSPS) is 14.0. The van der Waals surface area contributed by atoms with E-state index in [1.54, 1.807) is 42.5 Å². The highest BCUT2D eigenvalue weighted by molar-refractivity contribution is 7.92. The lowest BCUT2D eigenvalue weighted by atomic mass is 9.94. The van der Waals surface area contributed by atoms with Crippen molar-refractivity contribution in [1.29, 1.82) is 0 Å². The summed E-state index contributed by atoms with van der Waals surface area (Å²) < 4.78 is 54.6. The van der Waals surface area contributed by atoms with Crippen molar-refractivity contribution in [1.82, 2.24) is 10.2 Å². The Hall–Kier alpha value is -4.90. The number of carbonyl (C=O) groups excluding carboxylic acids is 2. The highest BCUT2D eigenvalue weighted by Gasteiger charge is 2.36. The number of nitrogens with one attached hydrogen (secondary N) is 1. The number of methoxy groups -OCH3 is 2. The number of nitrogens with zero attached hydrogens (tertiary/aromatic N) is 2. The molecule has 0 heterocycles. The molecule has 0 spiro atoms. The summed E-state index contributed by atoms with van der Waals surface area (Å²) in [5.74, 6) is -0.846. The van der Waals surface area contributed by atoms with Crippen LogP contribution < -0.4 is 19.1 Å². The molecule has 11 heteroatoms. The summed E-state index contributed by atoms with van der Waals surface area (Å²) in [7, 11) is -1.48. The van der Waals surface area contributed by atoms with Gasteiger partial charge in [0.05, 0.1) is 24.8 Å². The predicted molar refractivity (Wildman–Crippen MR) is 186 cm³/mol. The van der Waals surface area contributed by atoms with Crippen molar-refractivity contribution in [2.75, 3.05) is 25.1 Å². The van der Waals surface area contributed by atoms with Crippen molar-refractivity contribution in [2.24, 2.45) is 0 Å². The van der Waals surface area contributed by atoms with Crippen LogP contribution in [0.25, 0.3) is 0 Å². The number of rotatable bonds is 14. The molecule has 0 unspecified atom stereocenters. The number of sulfonamides is 1. The third-order valence-electron chi connectivity index (χ3n) is 8.75. The molecule has 49 heavy (non-hydrogen) atoms. The number of amides is 2. The average molecular weight is 688 g/mol. The monoisotopic (exact) mass is 687 g/mol. The number of hydrogen-bond donors (Lipinski definition) is 1. The Morgan fingerprint density at radius 3 is 2.12 bits per heavy atom. The van der Waals surface area contributed by atoms with Crippen molar-refractivity contribution in [3.8, 4) is 11.5 Å². The van der Waals surface area contributed by atoms with Gasteiger partial charge in [0.1, 0.15) is 29.9 Å². The molecule has 9 nitrogen and oxygen atoms in total. The Morgan fingerprint density at radius 1 is 0.837 bits per heavy atom. The van der Waals surface area contributed by atoms with Crippen LogP contribution in [0.2, 0.25) is 0 Å². The first kappa shape index (κ1) is 35.4. The largest absolute Gasteiger partial charge is 0.497 e. The second-order valence-corrected chi connectivity index (χ2v) is 13.9. The van der Waals surface area contributed by atoms with Gasteiger partial charge in [-0.3, -0.25) is 13.9 Å². The van der Waals surface area contributed by atoms with Gasteiger partial charge in [-0.1, -0.05) is 79.9 Å². The summed E-state index contributed by atoms with van der Waals surface area (Å²) in [6.45, 7) is -0.729. The molecule has 1 fully saturated rings. The summed E-state index contributed by atoms with van der Waals surface area (Å²) in [5, 5.41) is 3.18. The molecular formula is C38H42FN3O6S. The molecule has 1 aliphatic carbocycles. The standard InChI is InChI=1S/C38H42FN3O6S/c1-47-32-22-23-36(48-2)34(25-32)42(49(45,46)33-16-10-5-11-17-33)27-37(43)41(26-29-18-20-30(39)21-19-29)35(24-28-12-6-3-7-13-28)38(44)40-31-14-8-4-9-15-31/h3,5-7,10-13,16-23,25,31,35H,4,8-9,14-15,24,26-27H2,1-2H3,(H,40,44)/t35-/m1/s1. The first-order chi connectivity index (χ1) is 23.7. The van der Waals surface area contributed by atoms with Gasteiger partial charge in [-0.15, -0.1) is 0 Å². The summed E-state index contributed by atoms with van der Waals surface area (Å²) in [6, 6.07) is 26.5. The van der Waals surface area contributed by atoms with Crippen LogP contribution in [0.15, 0.2) is 108 Å². The van der Waals surface area contributed by atoms with E-state index in [4.69, 9.17) is 9.47 Å². The molecule has 1 N–H and O–H groups in total. The van der Waals surface area contributed by atoms with E-state index >= 15 is 0 Å². The minimum absolute atomic E-state index is 0.0294. The van der Waals surface area contributed by atoms with E-state index in [0.29, 0.717) is 11.3 Å². The second-order valence-electron chi connectivity index (χ2n) is 12.1. The van der Waals surface area contributed by atoms with Gasteiger partial charge in [-0.05, 0) is 60.4 Å². The van der Waals surface area contributed by atoms with E-state index in [1.807, 2.05) is 30.3 Å². The van der Waals surface area contributed by atoms with Crippen LogP contribution in [0, 0.1) is 5.82 Å². The Morgan fingerprint density at radius 2 is 1.49 bits per heavy atom. The highest BCUT2D eigenvalue weighted by Crippen LogP contribution is 2.36. The molecule has 0 saturated heterocycles. The summed E-state index contributed by atoms with van der Waals surface area (Å²) in [6.07, 6.45) is 4.97. The van der Waals surface area contributed by atoms with Crippen LogP contribution in [0.1, 0.15) is 43.2 Å². The topological polar surface area (TPSA) is 105 Å². The molecule has 2 amide bonds. The fraction of sp³-hybridized carbons (Fsp3) is 0.316. The SMILES string of the molecule is COc1ccc(OC)c(N(CC(=O)N(Cc2ccc(F)cc2)[C@H](Cc2ccccc2)C(=O)NC2CCCCC2)S(=O)(=O)c2ccccc2)c1. The van der Waals surface area contributed by atoms with Gasteiger partial charge in [0, 0.05) is 25.1 Å². The van der Waals surface area contributed by atoms with Crippen LogP contribution >= 0.6 is 0 Å². The Bertz CT molecular complexity index is 1800. The quantitative estimate of drug-likeness (QED) is 0.171. The maximum absolute atomic E-state index is 14.8. The number of ether oxygens (including phenoxy) is 2. The zero-order valence-electron chi connectivity index (χ0n) is 27.8. The number of benzene rings is 4. The van der Waals surface area contributed by atoms with E-state index in [2.05, 4.69) is 5.32 Å². The zero-order valence-corrected chi connectivity index (χ0v) is 28.6. The third-order valence-corrected chi connectivity index (χ3v) is 10.5. The molecule has 5 rings (SSSR count). The fourth-order valence-corrected chi connectivity index (χ4v) is 7.55. The van der Waals surface area contributed by atoms with Crippen molar-refractivity contribution in [2.45, 2.75) is 62.0 Å². The van der Waals surface area contributed by atoms with Crippen molar-refractivity contribution >= 4 is 27.5 Å². The number of hydrogen-bond acceptors (Lipinski definition) is 6. The Balaban J connectivity index is 1.60. The molecule has 1 saturated carbocycles. The number of carbonyl (C=O) groups is 2. The van der Waals surface area contributed by atoms with Gasteiger partial charge in [0.2, 0.25) is 11.8 Å². The van der Waals surface area contributed by atoms with Gasteiger partial charge >= 0.3 is 0 Å². The van der Waals surface area contributed by atoms with E-state index in [9.17, 15) is 22.4 Å². The molecule has 0 aliphatic heterocycles. The van der Waals surface area contributed by atoms with Gasteiger partial charge in [-0.25, -0.2) is 12.8 Å². The van der Waals surface area contributed by atoms with Crippen molar-refractivity contribution in [3.63, 3.8) is 0 Å². The van der Waals surface area contributed by atoms with E-state index < -0.39 is 34.3 Å².